The van der Waals surface area contributed by atoms with E-state index in [0.29, 0.717) is 34.6 Å². The number of guanidine groups is 2. The molecule has 0 atom stereocenters. The van der Waals surface area contributed by atoms with E-state index in [4.69, 9.17) is 73.1 Å². The smallest absolute Gasteiger partial charge is 0.394 e. The van der Waals surface area contributed by atoms with Crippen LogP contribution in [0.4, 0.5) is 0 Å². The molecule has 0 aromatic heterocycles. The van der Waals surface area contributed by atoms with Crippen LogP contribution in [0, 0.1) is 0 Å². The Morgan fingerprint density at radius 3 is 1.35 bits per heavy atom. The van der Waals surface area contributed by atoms with E-state index in [1.54, 1.807) is 14.2 Å². The van der Waals surface area contributed by atoms with E-state index in [-0.39, 0.29) is 11.9 Å². The Morgan fingerprint density at radius 2 is 1.11 bits per heavy atom. The second-order valence-corrected chi connectivity index (χ2v) is 8.92. The first kappa shape index (κ1) is 34.0. The largest absolute Gasteiger partial charge is 0.495 e. The predicted octanol–water partition coefficient (Wildman–Crippen LogP) is 2.46. The second kappa shape index (κ2) is 18.3. The Kier molecular flexibility index (Phi) is 16.8. The number of aryl methyl sites for hydroxylation is 2. The van der Waals surface area contributed by atoms with Gasteiger partial charge in [-0.3, -0.25) is 19.1 Å². The van der Waals surface area contributed by atoms with Crippen molar-refractivity contribution in [1.29, 1.82) is 0 Å². The fourth-order valence-electron chi connectivity index (χ4n) is 2.71. The summed E-state index contributed by atoms with van der Waals surface area (Å²) in [4.78, 5) is 7.82. The van der Waals surface area contributed by atoms with Crippen molar-refractivity contribution in [2.75, 3.05) is 27.3 Å². The zero-order chi connectivity index (χ0) is 28.4. The van der Waals surface area contributed by atoms with Gasteiger partial charge in [0, 0.05) is 13.1 Å². The van der Waals surface area contributed by atoms with Crippen LogP contribution in [0.2, 0.25) is 10.0 Å². The van der Waals surface area contributed by atoms with E-state index >= 15 is 0 Å². The van der Waals surface area contributed by atoms with E-state index in [9.17, 15) is 0 Å². The SMILES string of the molecule is COc1ccc(CCCN=C(N)N)cc1Cl.COc1ccc(CCCN=C(N)N)cc1Cl.O=S(=O)(O)O. The van der Waals surface area contributed by atoms with Crippen LogP contribution in [0.3, 0.4) is 0 Å². The number of nitrogens with zero attached hydrogens (tertiary/aromatic N) is 2. The van der Waals surface area contributed by atoms with Gasteiger partial charge in [-0.15, -0.1) is 0 Å². The van der Waals surface area contributed by atoms with Crippen LogP contribution >= 0.6 is 23.2 Å². The number of nitrogens with two attached hydrogens (primary N) is 4. The first-order chi connectivity index (χ1) is 17.3. The van der Waals surface area contributed by atoms with Crippen molar-refractivity contribution in [3.8, 4) is 11.5 Å². The van der Waals surface area contributed by atoms with Crippen LogP contribution in [0.5, 0.6) is 11.5 Å². The molecule has 0 fully saturated rings. The van der Waals surface area contributed by atoms with Crippen LogP contribution in [-0.4, -0.2) is 56.8 Å². The van der Waals surface area contributed by atoms with Crippen molar-refractivity contribution in [2.45, 2.75) is 25.7 Å². The topological polar surface area (TPSA) is 222 Å². The van der Waals surface area contributed by atoms with Gasteiger partial charge in [0.15, 0.2) is 11.9 Å². The molecule has 10 N–H and O–H groups in total. The molecule has 12 nitrogen and oxygen atoms in total. The van der Waals surface area contributed by atoms with Crippen molar-refractivity contribution in [3.05, 3.63) is 57.6 Å². The van der Waals surface area contributed by atoms with E-state index in [1.165, 1.54) is 0 Å². The molecule has 0 heterocycles. The van der Waals surface area contributed by atoms with E-state index in [1.807, 2.05) is 36.4 Å². The minimum absolute atomic E-state index is 0.132. The van der Waals surface area contributed by atoms with Crippen LogP contribution in [-0.2, 0) is 23.2 Å². The van der Waals surface area contributed by atoms with Gasteiger partial charge in [-0.05, 0) is 61.1 Å². The summed E-state index contributed by atoms with van der Waals surface area (Å²) < 4.78 is 41.7. The van der Waals surface area contributed by atoms with Gasteiger partial charge in [-0.25, -0.2) is 0 Å². The number of methoxy groups -OCH3 is 2. The maximum absolute atomic E-state index is 8.74. The van der Waals surface area contributed by atoms with Crippen molar-refractivity contribution in [2.24, 2.45) is 32.9 Å². The zero-order valence-corrected chi connectivity index (χ0v) is 22.9. The molecule has 0 spiro atoms. The highest BCUT2D eigenvalue weighted by atomic mass is 35.5. The molecule has 2 rings (SSSR count). The quantitative estimate of drug-likeness (QED) is 0.104. The number of hydrogen-bond donors (Lipinski definition) is 6. The number of hydrogen-bond acceptors (Lipinski definition) is 6. The monoisotopic (exact) mass is 580 g/mol. The average molecular weight is 582 g/mol. The van der Waals surface area contributed by atoms with Gasteiger partial charge in [-0.1, -0.05) is 35.3 Å². The summed E-state index contributed by atoms with van der Waals surface area (Å²) in [5.74, 6) is 1.64. The second-order valence-electron chi connectivity index (χ2n) is 7.21. The molecule has 0 saturated carbocycles. The molecule has 0 aliphatic heterocycles. The Bertz CT molecular complexity index is 1040. The van der Waals surface area contributed by atoms with Gasteiger partial charge in [0.2, 0.25) is 0 Å². The third-order valence-corrected chi connectivity index (χ3v) is 4.86. The molecule has 0 aliphatic rings. The van der Waals surface area contributed by atoms with Crippen molar-refractivity contribution in [1.82, 2.24) is 0 Å². The highest BCUT2D eigenvalue weighted by Crippen LogP contribution is 2.26. The van der Waals surface area contributed by atoms with Crippen molar-refractivity contribution in [3.63, 3.8) is 0 Å². The lowest BCUT2D eigenvalue weighted by Gasteiger charge is -2.05. The Morgan fingerprint density at radius 1 is 0.784 bits per heavy atom. The highest BCUT2D eigenvalue weighted by Gasteiger charge is 2.02. The summed E-state index contributed by atoms with van der Waals surface area (Å²) >= 11 is 12.0. The molecule has 0 saturated heterocycles. The molecule has 37 heavy (non-hydrogen) atoms. The molecule has 0 unspecified atom stereocenters. The summed E-state index contributed by atoms with van der Waals surface area (Å²) in [5.41, 5.74) is 23.2. The molecular formula is C22H34Cl2N6O6S. The van der Waals surface area contributed by atoms with Gasteiger partial charge in [0.1, 0.15) is 11.5 Å². The molecule has 0 bridgehead atoms. The van der Waals surface area contributed by atoms with E-state index in [2.05, 4.69) is 9.98 Å². The lowest BCUT2D eigenvalue weighted by molar-refractivity contribution is 0.381. The summed E-state index contributed by atoms with van der Waals surface area (Å²) in [6.07, 6.45) is 3.56. The van der Waals surface area contributed by atoms with Gasteiger partial charge in [0.25, 0.3) is 0 Å². The van der Waals surface area contributed by atoms with Crippen LogP contribution < -0.4 is 32.4 Å². The summed E-state index contributed by atoms with van der Waals surface area (Å²) in [7, 11) is -1.47. The number of halogens is 2. The van der Waals surface area contributed by atoms with E-state index < -0.39 is 10.4 Å². The Labute approximate surface area is 227 Å². The van der Waals surface area contributed by atoms with E-state index in [0.717, 1.165) is 36.8 Å². The molecule has 0 aliphatic carbocycles. The average Bonchev–Trinajstić information content (AvgIpc) is 2.79. The first-order valence-corrected chi connectivity index (χ1v) is 12.9. The first-order valence-electron chi connectivity index (χ1n) is 10.7. The molecule has 15 heteroatoms. The molecule has 2 aromatic rings. The minimum atomic E-state index is -4.67. The van der Waals surface area contributed by atoms with Gasteiger partial charge < -0.3 is 32.4 Å². The summed E-state index contributed by atoms with van der Waals surface area (Å²) in [5, 5.41) is 1.25. The highest BCUT2D eigenvalue weighted by molar-refractivity contribution is 7.79. The predicted molar refractivity (Wildman–Crippen MR) is 148 cm³/mol. The number of benzene rings is 2. The van der Waals surface area contributed by atoms with Gasteiger partial charge >= 0.3 is 10.4 Å². The fraction of sp³-hybridized carbons (Fsp3) is 0.364. The Balaban J connectivity index is 0.000000594. The third-order valence-electron chi connectivity index (χ3n) is 4.27. The maximum atomic E-state index is 8.74. The van der Waals surface area contributed by atoms with Gasteiger partial charge in [0.05, 0.1) is 24.3 Å². The number of aliphatic imine (C=N–C) groups is 2. The van der Waals surface area contributed by atoms with Crippen LogP contribution in [0.25, 0.3) is 0 Å². The fourth-order valence-corrected chi connectivity index (χ4v) is 3.27. The van der Waals surface area contributed by atoms with Gasteiger partial charge in [-0.2, -0.15) is 8.42 Å². The normalized spacial score (nSPS) is 10.1. The lowest BCUT2D eigenvalue weighted by Crippen LogP contribution is -2.23. The van der Waals surface area contributed by atoms with Crippen molar-refractivity contribution < 1.29 is 27.0 Å². The molecule has 0 amide bonds. The molecular weight excluding hydrogens is 547 g/mol. The zero-order valence-electron chi connectivity index (χ0n) is 20.6. The Hall–Kier alpha value is -2.97. The summed E-state index contributed by atoms with van der Waals surface area (Å²) in [6.45, 7) is 1.26. The number of ether oxygens (including phenoxy) is 2. The molecule has 208 valence electrons. The minimum Gasteiger partial charge on any atom is -0.495 e. The standard InChI is InChI=1S/2C11H16ClN3O.H2O4S/c2*1-16-10-5-4-8(7-9(10)12)3-2-6-15-11(13)14;1-5(2,3)4/h2*4-5,7H,2-3,6H2,1H3,(H4,13,14,15);(H2,1,2,3,4). The van der Waals surface area contributed by atoms with Crippen LogP contribution in [0.15, 0.2) is 46.4 Å². The molecule has 2 aromatic carbocycles. The third kappa shape index (κ3) is 18.9. The van der Waals surface area contributed by atoms with Crippen LogP contribution in [0.1, 0.15) is 24.0 Å². The maximum Gasteiger partial charge on any atom is 0.394 e. The van der Waals surface area contributed by atoms with Crippen molar-refractivity contribution >= 4 is 45.5 Å². The lowest BCUT2D eigenvalue weighted by atomic mass is 10.1. The number of rotatable bonds is 10. The summed E-state index contributed by atoms with van der Waals surface area (Å²) in [6, 6.07) is 11.5. The molecule has 0 radical (unpaired) electrons.